The van der Waals surface area contributed by atoms with Gasteiger partial charge in [-0.3, -0.25) is 19.3 Å². The third-order valence-electron chi connectivity index (χ3n) is 4.18. The summed E-state index contributed by atoms with van der Waals surface area (Å²) in [4.78, 5) is 38.2. The molecule has 3 N–H and O–H groups in total. The van der Waals surface area contributed by atoms with Gasteiger partial charge in [0, 0.05) is 19.5 Å². The van der Waals surface area contributed by atoms with Crippen molar-refractivity contribution in [2.45, 2.75) is 31.8 Å². The van der Waals surface area contributed by atoms with Crippen molar-refractivity contribution in [3.05, 3.63) is 35.9 Å². The number of amides is 2. The highest BCUT2D eigenvalue weighted by atomic mass is 35.5. The van der Waals surface area contributed by atoms with E-state index in [0.717, 1.165) is 12.0 Å². The average Bonchev–Trinajstić information content (AvgIpc) is 3.00. The number of halogens is 1. The number of rotatable bonds is 8. The van der Waals surface area contributed by atoms with E-state index in [1.807, 2.05) is 30.3 Å². The standard InChI is InChI=1S/C17H23N3O4.ClH/c18-15(21)8-10-20(11-13-5-2-1-3-6-13)16(22)12-19-9-4-7-14(19)17(23)24;/h1-3,5-6,14H,4,7-12H2,(H2,18,21)(H,23,24);1H/t14-;/m0./s1. The van der Waals surface area contributed by atoms with Crippen LogP contribution in [-0.4, -0.2) is 58.4 Å². The minimum Gasteiger partial charge on any atom is -0.480 e. The van der Waals surface area contributed by atoms with Gasteiger partial charge in [0.25, 0.3) is 0 Å². The number of aliphatic carboxylic acids is 1. The van der Waals surface area contributed by atoms with E-state index in [0.29, 0.717) is 19.5 Å². The number of likely N-dealkylation sites (tertiary alicyclic amines) is 1. The van der Waals surface area contributed by atoms with Crippen LogP contribution in [0.15, 0.2) is 30.3 Å². The summed E-state index contributed by atoms with van der Waals surface area (Å²) < 4.78 is 0. The summed E-state index contributed by atoms with van der Waals surface area (Å²) in [5.74, 6) is -1.55. The first-order valence-corrected chi connectivity index (χ1v) is 8.04. The number of hydrogen-bond acceptors (Lipinski definition) is 4. The first kappa shape index (κ1) is 20.9. The summed E-state index contributed by atoms with van der Waals surface area (Å²) in [7, 11) is 0. The first-order valence-electron chi connectivity index (χ1n) is 8.04. The van der Waals surface area contributed by atoms with Gasteiger partial charge in [0.05, 0.1) is 6.54 Å². The molecule has 0 unspecified atom stereocenters. The summed E-state index contributed by atoms with van der Waals surface area (Å²) in [6, 6.07) is 8.85. The minimum atomic E-state index is -0.896. The maximum absolute atomic E-state index is 12.6. The van der Waals surface area contributed by atoms with E-state index >= 15 is 0 Å². The maximum Gasteiger partial charge on any atom is 0.320 e. The molecular formula is C17H24ClN3O4. The Hall–Kier alpha value is -2.12. The van der Waals surface area contributed by atoms with E-state index in [4.69, 9.17) is 5.73 Å². The quantitative estimate of drug-likeness (QED) is 0.707. The Labute approximate surface area is 153 Å². The van der Waals surface area contributed by atoms with Gasteiger partial charge in [-0.2, -0.15) is 0 Å². The van der Waals surface area contributed by atoms with E-state index in [9.17, 15) is 19.5 Å². The number of carbonyl (C=O) groups is 3. The number of carboxylic acids is 1. The molecule has 1 aromatic rings. The third-order valence-corrected chi connectivity index (χ3v) is 4.18. The normalized spacial score (nSPS) is 16.9. The monoisotopic (exact) mass is 369 g/mol. The lowest BCUT2D eigenvalue weighted by Crippen LogP contribution is -2.45. The van der Waals surface area contributed by atoms with E-state index in [-0.39, 0.29) is 37.8 Å². The van der Waals surface area contributed by atoms with Gasteiger partial charge < -0.3 is 15.7 Å². The number of hydrogen-bond donors (Lipinski definition) is 2. The molecule has 138 valence electrons. The summed E-state index contributed by atoms with van der Waals surface area (Å²) >= 11 is 0. The maximum atomic E-state index is 12.6. The SMILES string of the molecule is Cl.NC(=O)CCN(Cc1ccccc1)C(=O)CN1CCC[C@H]1C(=O)O. The van der Waals surface area contributed by atoms with Gasteiger partial charge in [-0.15, -0.1) is 12.4 Å². The Kier molecular flexibility index (Phi) is 8.37. The number of nitrogens with zero attached hydrogens (tertiary/aromatic N) is 2. The highest BCUT2D eigenvalue weighted by Gasteiger charge is 2.32. The Morgan fingerprint density at radius 1 is 1.24 bits per heavy atom. The Bertz CT molecular complexity index is 597. The smallest absolute Gasteiger partial charge is 0.320 e. The zero-order chi connectivity index (χ0) is 17.5. The number of carbonyl (C=O) groups excluding carboxylic acids is 2. The number of benzene rings is 1. The molecule has 7 nitrogen and oxygen atoms in total. The van der Waals surface area contributed by atoms with Crippen LogP contribution in [0.3, 0.4) is 0 Å². The molecule has 8 heteroatoms. The van der Waals surface area contributed by atoms with Crippen molar-refractivity contribution in [2.75, 3.05) is 19.6 Å². The van der Waals surface area contributed by atoms with Crippen LogP contribution in [0, 0.1) is 0 Å². The molecule has 2 amide bonds. The largest absolute Gasteiger partial charge is 0.480 e. The lowest BCUT2D eigenvalue weighted by molar-refractivity contribution is -0.143. The fourth-order valence-corrected chi connectivity index (χ4v) is 2.91. The van der Waals surface area contributed by atoms with Crippen molar-refractivity contribution in [1.82, 2.24) is 9.80 Å². The second kappa shape index (κ2) is 10.0. The average molecular weight is 370 g/mol. The predicted octanol–water partition coefficient (Wildman–Crippen LogP) is 0.861. The van der Waals surface area contributed by atoms with Gasteiger partial charge in [-0.25, -0.2) is 0 Å². The van der Waals surface area contributed by atoms with Crippen molar-refractivity contribution < 1.29 is 19.5 Å². The Morgan fingerprint density at radius 2 is 1.92 bits per heavy atom. The van der Waals surface area contributed by atoms with Gasteiger partial charge >= 0.3 is 5.97 Å². The van der Waals surface area contributed by atoms with Crippen LogP contribution < -0.4 is 5.73 Å². The molecular weight excluding hydrogens is 346 g/mol. The second-order valence-corrected chi connectivity index (χ2v) is 5.98. The molecule has 1 saturated heterocycles. The molecule has 1 heterocycles. The van der Waals surface area contributed by atoms with Gasteiger partial charge in [0.2, 0.25) is 11.8 Å². The summed E-state index contributed by atoms with van der Waals surface area (Å²) in [6.45, 7) is 1.24. The van der Waals surface area contributed by atoms with Gasteiger partial charge in [-0.1, -0.05) is 30.3 Å². The molecule has 1 aromatic carbocycles. The predicted molar refractivity (Wildman–Crippen MR) is 95.1 cm³/mol. The zero-order valence-corrected chi connectivity index (χ0v) is 14.8. The molecule has 1 aliphatic rings. The summed E-state index contributed by atoms with van der Waals surface area (Å²) in [6.07, 6.45) is 1.41. The van der Waals surface area contributed by atoms with E-state index in [1.54, 1.807) is 9.80 Å². The van der Waals surface area contributed by atoms with Gasteiger partial charge in [-0.05, 0) is 24.9 Å². The fourth-order valence-electron chi connectivity index (χ4n) is 2.91. The van der Waals surface area contributed by atoms with E-state index < -0.39 is 17.9 Å². The summed E-state index contributed by atoms with van der Waals surface area (Å²) in [5.41, 5.74) is 6.15. The highest BCUT2D eigenvalue weighted by Crippen LogP contribution is 2.17. The molecule has 1 aliphatic heterocycles. The van der Waals surface area contributed by atoms with Crippen molar-refractivity contribution in [1.29, 1.82) is 0 Å². The molecule has 1 fully saturated rings. The molecule has 0 saturated carbocycles. The number of carboxylic acid groups (broad SMARTS) is 1. The van der Waals surface area contributed by atoms with Crippen LogP contribution in [0.25, 0.3) is 0 Å². The number of primary amides is 1. The molecule has 0 radical (unpaired) electrons. The van der Waals surface area contributed by atoms with Crippen LogP contribution in [0.5, 0.6) is 0 Å². The number of nitrogens with two attached hydrogens (primary N) is 1. The van der Waals surface area contributed by atoms with Crippen LogP contribution in [-0.2, 0) is 20.9 Å². The molecule has 0 aliphatic carbocycles. The van der Waals surface area contributed by atoms with Gasteiger partial charge in [0.15, 0.2) is 0 Å². The second-order valence-electron chi connectivity index (χ2n) is 5.98. The van der Waals surface area contributed by atoms with E-state index in [1.165, 1.54) is 0 Å². The van der Waals surface area contributed by atoms with Crippen molar-refractivity contribution >= 4 is 30.2 Å². The van der Waals surface area contributed by atoms with Gasteiger partial charge in [0.1, 0.15) is 6.04 Å². The minimum absolute atomic E-state index is 0. The molecule has 1 atom stereocenters. The lowest BCUT2D eigenvalue weighted by Gasteiger charge is -2.27. The van der Waals surface area contributed by atoms with Crippen LogP contribution in [0.1, 0.15) is 24.8 Å². The summed E-state index contributed by atoms with van der Waals surface area (Å²) in [5, 5.41) is 9.22. The molecule has 0 aromatic heterocycles. The molecule has 0 spiro atoms. The highest BCUT2D eigenvalue weighted by molar-refractivity contribution is 5.85. The topological polar surface area (TPSA) is 104 Å². The first-order chi connectivity index (χ1) is 11.5. The fraction of sp³-hybridized carbons (Fsp3) is 0.471. The molecule has 0 bridgehead atoms. The lowest BCUT2D eigenvalue weighted by atomic mass is 10.2. The van der Waals surface area contributed by atoms with E-state index in [2.05, 4.69) is 0 Å². The van der Waals surface area contributed by atoms with Crippen LogP contribution in [0.2, 0.25) is 0 Å². The molecule has 25 heavy (non-hydrogen) atoms. The van der Waals surface area contributed by atoms with Crippen LogP contribution >= 0.6 is 12.4 Å². The molecule has 2 rings (SSSR count). The van der Waals surface area contributed by atoms with Crippen LogP contribution in [0.4, 0.5) is 0 Å². The van der Waals surface area contributed by atoms with Crippen molar-refractivity contribution in [2.24, 2.45) is 5.73 Å². The Morgan fingerprint density at radius 3 is 2.52 bits per heavy atom. The zero-order valence-electron chi connectivity index (χ0n) is 14.0. The Balaban J connectivity index is 0.00000312. The van der Waals surface area contributed by atoms with Crippen molar-refractivity contribution in [3.8, 4) is 0 Å². The van der Waals surface area contributed by atoms with Crippen molar-refractivity contribution in [3.63, 3.8) is 0 Å². The third kappa shape index (κ3) is 6.36.